The van der Waals surface area contributed by atoms with Crippen molar-refractivity contribution in [3.05, 3.63) is 0 Å². The van der Waals surface area contributed by atoms with Crippen LogP contribution in [0, 0.1) is 5.92 Å². The lowest BCUT2D eigenvalue weighted by Gasteiger charge is -2.17. The van der Waals surface area contributed by atoms with E-state index in [0.29, 0.717) is 0 Å². The van der Waals surface area contributed by atoms with Crippen molar-refractivity contribution in [2.45, 2.75) is 58.9 Å². The molecule has 0 saturated heterocycles. The van der Waals surface area contributed by atoms with Gasteiger partial charge in [0.25, 0.3) is 0 Å². The Hall–Kier alpha value is -0.570. The van der Waals surface area contributed by atoms with Crippen LogP contribution >= 0.6 is 0 Å². The summed E-state index contributed by atoms with van der Waals surface area (Å²) in [7, 11) is 0. The maximum atomic E-state index is 11.5. The molecule has 0 aliphatic carbocycles. The second kappa shape index (κ2) is 8.72. The van der Waals surface area contributed by atoms with Gasteiger partial charge in [0.05, 0.1) is 6.04 Å². The summed E-state index contributed by atoms with van der Waals surface area (Å²) in [4.78, 5) is 11.5. The fraction of sp³-hybridized carbons (Fsp3) is 0.917. The summed E-state index contributed by atoms with van der Waals surface area (Å²) in [6, 6.07) is -0.346. The predicted octanol–water partition coefficient (Wildman–Crippen LogP) is 2.06. The van der Waals surface area contributed by atoms with Crippen LogP contribution in [0.1, 0.15) is 52.9 Å². The van der Waals surface area contributed by atoms with Crippen LogP contribution in [0.5, 0.6) is 0 Å². The summed E-state index contributed by atoms with van der Waals surface area (Å²) in [6.45, 7) is 7.01. The van der Waals surface area contributed by atoms with Gasteiger partial charge < -0.3 is 11.1 Å². The molecular formula is C12H26N2O. The lowest BCUT2D eigenvalue weighted by Crippen LogP contribution is -2.44. The van der Waals surface area contributed by atoms with E-state index in [2.05, 4.69) is 19.2 Å². The molecule has 0 spiro atoms. The molecule has 3 nitrogen and oxygen atoms in total. The van der Waals surface area contributed by atoms with Gasteiger partial charge in [0, 0.05) is 6.54 Å². The van der Waals surface area contributed by atoms with E-state index in [4.69, 9.17) is 5.73 Å². The fourth-order valence-electron chi connectivity index (χ4n) is 1.39. The van der Waals surface area contributed by atoms with Crippen molar-refractivity contribution >= 4 is 5.91 Å². The average Bonchev–Trinajstić information content (AvgIpc) is 2.26. The van der Waals surface area contributed by atoms with E-state index in [0.717, 1.165) is 19.4 Å². The van der Waals surface area contributed by atoms with Gasteiger partial charge in [-0.25, -0.2) is 0 Å². The Bertz CT molecular complexity index is 171. The minimum atomic E-state index is -0.346. The number of carbonyl (C=O) groups is 1. The zero-order valence-corrected chi connectivity index (χ0v) is 10.4. The standard InChI is InChI=1S/C12H26N2O/c1-4-6-7-8-9-14-12(15)11(13)10(3)5-2/h10-11H,4-9,13H2,1-3H3,(H,14,15)/t10?,11-/m0/s1. The number of hydrogen-bond donors (Lipinski definition) is 2. The zero-order chi connectivity index (χ0) is 11.7. The molecule has 0 rings (SSSR count). The van der Waals surface area contributed by atoms with Gasteiger partial charge in [-0.15, -0.1) is 0 Å². The fourth-order valence-corrected chi connectivity index (χ4v) is 1.39. The third kappa shape index (κ3) is 6.50. The van der Waals surface area contributed by atoms with Crippen molar-refractivity contribution in [3.63, 3.8) is 0 Å². The molecule has 3 N–H and O–H groups in total. The van der Waals surface area contributed by atoms with Crippen LogP contribution in [0.15, 0.2) is 0 Å². The minimum absolute atomic E-state index is 0.000786. The van der Waals surface area contributed by atoms with Gasteiger partial charge >= 0.3 is 0 Å². The maximum absolute atomic E-state index is 11.5. The Labute approximate surface area is 93.8 Å². The quantitative estimate of drug-likeness (QED) is 0.608. The number of carbonyl (C=O) groups excluding carboxylic acids is 1. The molecule has 0 aliphatic rings. The van der Waals surface area contributed by atoms with E-state index in [-0.39, 0.29) is 17.9 Å². The Kier molecular flexibility index (Phi) is 8.38. The summed E-state index contributed by atoms with van der Waals surface area (Å²) in [5.41, 5.74) is 5.80. The van der Waals surface area contributed by atoms with Crippen molar-refractivity contribution < 1.29 is 4.79 Å². The van der Waals surface area contributed by atoms with Crippen LogP contribution in [0.25, 0.3) is 0 Å². The molecular weight excluding hydrogens is 188 g/mol. The van der Waals surface area contributed by atoms with E-state index in [1.165, 1.54) is 19.3 Å². The van der Waals surface area contributed by atoms with Crippen LogP contribution in [0.3, 0.4) is 0 Å². The third-order valence-electron chi connectivity index (χ3n) is 2.89. The lowest BCUT2D eigenvalue weighted by atomic mass is 9.99. The van der Waals surface area contributed by atoms with Gasteiger partial charge in [-0.1, -0.05) is 46.5 Å². The molecule has 0 radical (unpaired) electrons. The first-order chi connectivity index (χ1) is 7.13. The molecule has 90 valence electrons. The van der Waals surface area contributed by atoms with Crippen molar-refractivity contribution in [1.29, 1.82) is 0 Å². The molecule has 0 aromatic carbocycles. The summed E-state index contributed by atoms with van der Waals surface area (Å²) in [5.74, 6) is 0.265. The molecule has 0 bridgehead atoms. The zero-order valence-electron chi connectivity index (χ0n) is 10.4. The Morgan fingerprint density at radius 3 is 2.47 bits per heavy atom. The van der Waals surface area contributed by atoms with Gasteiger partial charge in [0.2, 0.25) is 5.91 Å². The van der Waals surface area contributed by atoms with E-state index in [1.807, 2.05) is 6.92 Å². The lowest BCUT2D eigenvalue weighted by molar-refractivity contribution is -0.123. The molecule has 1 unspecified atom stereocenters. The summed E-state index contributed by atoms with van der Waals surface area (Å²) < 4.78 is 0. The molecule has 15 heavy (non-hydrogen) atoms. The Morgan fingerprint density at radius 2 is 1.93 bits per heavy atom. The van der Waals surface area contributed by atoms with E-state index >= 15 is 0 Å². The van der Waals surface area contributed by atoms with E-state index in [1.54, 1.807) is 0 Å². The highest BCUT2D eigenvalue weighted by atomic mass is 16.2. The number of nitrogens with two attached hydrogens (primary N) is 1. The molecule has 0 aromatic rings. The van der Waals surface area contributed by atoms with Crippen LogP contribution in [0.2, 0.25) is 0 Å². The maximum Gasteiger partial charge on any atom is 0.237 e. The molecule has 2 atom stereocenters. The van der Waals surface area contributed by atoms with Crippen molar-refractivity contribution in [3.8, 4) is 0 Å². The molecule has 3 heteroatoms. The minimum Gasteiger partial charge on any atom is -0.355 e. The van der Waals surface area contributed by atoms with Gasteiger partial charge in [0.15, 0.2) is 0 Å². The molecule has 0 heterocycles. The molecule has 0 aromatic heterocycles. The number of hydrogen-bond acceptors (Lipinski definition) is 2. The second-order valence-electron chi connectivity index (χ2n) is 4.26. The first kappa shape index (κ1) is 14.4. The van der Waals surface area contributed by atoms with E-state index in [9.17, 15) is 4.79 Å². The Balaban J connectivity index is 3.56. The largest absolute Gasteiger partial charge is 0.355 e. The second-order valence-corrected chi connectivity index (χ2v) is 4.26. The smallest absolute Gasteiger partial charge is 0.237 e. The topological polar surface area (TPSA) is 55.1 Å². The van der Waals surface area contributed by atoms with Crippen molar-refractivity contribution in [1.82, 2.24) is 5.32 Å². The van der Waals surface area contributed by atoms with Crippen LogP contribution in [0.4, 0.5) is 0 Å². The summed E-state index contributed by atoms with van der Waals surface area (Å²) in [6.07, 6.45) is 5.67. The SMILES string of the molecule is CCCCCCNC(=O)[C@@H](N)C(C)CC. The van der Waals surface area contributed by atoms with Gasteiger partial charge in [-0.2, -0.15) is 0 Å². The van der Waals surface area contributed by atoms with Gasteiger partial charge in [-0.3, -0.25) is 4.79 Å². The van der Waals surface area contributed by atoms with Crippen LogP contribution in [-0.4, -0.2) is 18.5 Å². The molecule has 1 amide bonds. The Morgan fingerprint density at radius 1 is 1.27 bits per heavy atom. The average molecular weight is 214 g/mol. The highest BCUT2D eigenvalue weighted by Gasteiger charge is 2.18. The van der Waals surface area contributed by atoms with Crippen LogP contribution < -0.4 is 11.1 Å². The molecule has 0 aliphatic heterocycles. The molecule has 0 fully saturated rings. The number of rotatable bonds is 8. The third-order valence-corrected chi connectivity index (χ3v) is 2.89. The first-order valence-corrected chi connectivity index (χ1v) is 6.16. The normalized spacial score (nSPS) is 14.7. The number of nitrogens with one attached hydrogen (secondary N) is 1. The van der Waals surface area contributed by atoms with E-state index < -0.39 is 0 Å². The van der Waals surface area contributed by atoms with Crippen molar-refractivity contribution in [2.75, 3.05) is 6.54 Å². The number of unbranched alkanes of at least 4 members (excludes halogenated alkanes) is 3. The van der Waals surface area contributed by atoms with Crippen molar-refractivity contribution in [2.24, 2.45) is 11.7 Å². The van der Waals surface area contributed by atoms with Gasteiger partial charge in [-0.05, 0) is 12.3 Å². The predicted molar refractivity (Wildman–Crippen MR) is 64.6 cm³/mol. The van der Waals surface area contributed by atoms with Crippen LogP contribution in [-0.2, 0) is 4.79 Å². The summed E-state index contributed by atoms with van der Waals surface area (Å²) >= 11 is 0. The van der Waals surface area contributed by atoms with Gasteiger partial charge in [0.1, 0.15) is 0 Å². The monoisotopic (exact) mass is 214 g/mol. The molecule has 0 saturated carbocycles. The number of amides is 1. The summed E-state index contributed by atoms with van der Waals surface area (Å²) in [5, 5.41) is 2.89. The first-order valence-electron chi connectivity index (χ1n) is 6.16. The highest BCUT2D eigenvalue weighted by Crippen LogP contribution is 2.05. The highest BCUT2D eigenvalue weighted by molar-refractivity contribution is 5.81.